The number of ether oxygens (including phenoxy) is 1. The molecule has 0 spiro atoms. The fraction of sp³-hybridized carbons (Fsp3) is 0.429. The third-order valence-corrected chi connectivity index (χ3v) is 2.32. The molecule has 19 heavy (non-hydrogen) atoms. The highest BCUT2D eigenvalue weighted by atomic mass is 16.5. The summed E-state index contributed by atoms with van der Waals surface area (Å²) in [5.41, 5.74) is 1.10. The summed E-state index contributed by atoms with van der Waals surface area (Å²) in [6.07, 6.45) is 0. The Morgan fingerprint density at radius 2 is 1.84 bits per heavy atom. The molecule has 0 atom stereocenters. The van der Waals surface area contributed by atoms with Crippen LogP contribution in [0.25, 0.3) is 0 Å². The minimum absolute atomic E-state index is 0.252. The molecule has 0 unspecified atom stereocenters. The summed E-state index contributed by atoms with van der Waals surface area (Å²) >= 11 is 0. The van der Waals surface area contributed by atoms with Gasteiger partial charge in [0.05, 0.1) is 12.2 Å². The quantitative estimate of drug-likeness (QED) is 0.803. The van der Waals surface area contributed by atoms with Crippen LogP contribution >= 0.6 is 0 Å². The fourth-order valence-electron chi connectivity index (χ4n) is 1.38. The van der Waals surface area contributed by atoms with Gasteiger partial charge in [-0.2, -0.15) is 0 Å². The Labute approximate surface area is 113 Å². The lowest BCUT2D eigenvalue weighted by molar-refractivity contribution is 0.0526. The molecule has 1 aromatic carbocycles. The maximum atomic E-state index is 11.5. The zero-order chi connectivity index (χ0) is 14.3. The first-order chi connectivity index (χ1) is 9.02. The number of hydrogen-bond acceptors (Lipinski definition) is 3. The van der Waals surface area contributed by atoms with Gasteiger partial charge in [-0.1, -0.05) is 13.8 Å². The molecule has 0 bridgehead atoms. The molecule has 5 nitrogen and oxygen atoms in total. The molecule has 104 valence electrons. The maximum absolute atomic E-state index is 11.5. The Bertz CT molecular complexity index is 427. The van der Waals surface area contributed by atoms with E-state index in [0.29, 0.717) is 30.3 Å². The van der Waals surface area contributed by atoms with Crippen LogP contribution in [0.1, 0.15) is 31.1 Å². The Morgan fingerprint density at radius 1 is 1.21 bits per heavy atom. The summed E-state index contributed by atoms with van der Waals surface area (Å²) in [6.45, 7) is 6.76. The molecule has 0 saturated heterocycles. The Hall–Kier alpha value is -2.04. The average Bonchev–Trinajstić information content (AvgIpc) is 2.37. The summed E-state index contributed by atoms with van der Waals surface area (Å²) in [6, 6.07) is 6.33. The van der Waals surface area contributed by atoms with E-state index in [1.54, 1.807) is 31.2 Å². The van der Waals surface area contributed by atoms with E-state index < -0.39 is 0 Å². The first-order valence-electron chi connectivity index (χ1n) is 6.35. The van der Waals surface area contributed by atoms with Crippen molar-refractivity contribution in [2.75, 3.05) is 18.5 Å². The van der Waals surface area contributed by atoms with Crippen molar-refractivity contribution in [2.24, 2.45) is 5.92 Å². The van der Waals surface area contributed by atoms with E-state index in [1.807, 2.05) is 13.8 Å². The van der Waals surface area contributed by atoms with Crippen molar-refractivity contribution in [2.45, 2.75) is 20.8 Å². The third-order valence-electron chi connectivity index (χ3n) is 2.32. The molecule has 0 saturated carbocycles. The molecule has 1 rings (SSSR count). The molecule has 0 heterocycles. The van der Waals surface area contributed by atoms with Crippen LogP contribution in [0.2, 0.25) is 0 Å². The average molecular weight is 264 g/mol. The highest BCUT2D eigenvalue weighted by Gasteiger charge is 2.07. The van der Waals surface area contributed by atoms with E-state index in [9.17, 15) is 9.59 Å². The standard InChI is InChI=1S/C14H20N2O3/c1-4-19-13(17)11-5-7-12(8-6-11)16-14(18)15-9-10(2)3/h5-8,10H,4,9H2,1-3H3,(H2,15,16,18). The van der Waals surface area contributed by atoms with Gasteiger partial charge in [0, 0.05) is 12.2 Å². The van der Waals surface area contributed by atoms with E-state index in [0.717, 1.165) is 0 Å². The maximum Gasteiger partial charge on any atom is 0.338 e. The molecule has 0 aliphatic rings. The number of hydrogen-bond donors (Lipinski definition) is 2. The minimum Gasteiger partial charge on any atom is -0.462 e. The van der Waals surface area contributed by atoms with Crippen LogP contribution in [-0.2, 0) is 4.74 Å². The van der Waals surface area contributed by atoms with Gasteiger partial charge in [0.1, 0.15) is 0 Å². The second-order valence-electron chi connectivity index (χ2n) is 4.53. The second-order valence-corrected chi connectivity index (χ2v) is 4.53. The predicted molar refractivity (Wildman–Crippen MR) is 74.3 cm³/mol. The highest BCUT2D eigenvalue weighted by Crippen LogP contribution is 2.10. The first kappa shape index (κ1) is 15.0. The molecule has 2 N–H and O–H groups in total. The van der Waals surface area contributed by atoms with E-state index in [-0.39, 0.29) is 12.0 Å². The SMILES string of the molecule is CCOC(=O)c1ccc(NC(=O)NCC(C)C)cc1. The molecule has 0 aliphatic carbocycles. The van der Waals surface area contributed by atoms with E-state index in [2.05, 4.69) is 10.6 Å². The molecule has 5 heteroatoms. The molecule has 0 radical (unpaired) electrons. The lowest BCUT2D eigenvalue weighted by atomic mass is 10.2. The number of carbonyl (C=O) groups excluding carboxylic acids is 2. The second kappa shape index (κ2) is 7.41. The van der Waals surface area contributed by atoms with Gasteiger partial charge in [-0.15, -0.1) is 0 Å². The number of amides is 2. The van der Waals surface area contributed by atoms with Gasteiger partial charge in [-0.25, -0.2) is 9.59 Å². The molecule has 0 aliphatic heterocycles. The van der Waals surface area contributed by atoms with Crippen molar-refractivity contribution in [3.8, 4) is 0 Å². The summed E-state index contributed by atoms with van der Waals surface area (Å²) in [5, 5.41) is 5.44. The summed E-state index contributed by atoms with van der Waals surface area (Å²) in [7, 11) is 0. The van der Waals surface area contributed by atoms with Crippen LogP contribution < -0.4 is 10.6 Å². The molecule has 2 amide bonds. The van der Waals surface area contributed by atoms with Gasteiger partial charge < -0.3 is 15.4 Å². The van der Waals surface area contributed by atoms with Crippen LogP contribution in [0, 0.1) is 5.92 Å². The molecule has 0 fully saturated rings. The topological polar surface area (TPSA) is 67.4 Å². The fourth-order valence-corrected chi connectivity index (χ4v) is 1.38. The zero-order valence-corrected chi connectivity index (χ0v) is 11.5. The number of benzene rings is 1. The molecular weight excluding hydrogens is 244 g/mol. The van der Waals surface area contributed by atoms with Crippen molar-refractivity contribution in [1.29, 1.82) is 0 Å². The van der Waals surface area contributed by atoms with Crippen molar-refractivity contribution in [1.82, 2.24) is 5.32 Å². The monoisotopic (exact) mass is 264 g/mol. The number of nitrogens with one attached hydrogen (secondary N) is 2. The summed E-state index contributed by atoms with van der Waals surface area (Å²) in [4.78, 5) is 23.0. The van der Waals surface area contributed by atoms with Crippen molar-refractivity contribution >= 4 is 17.7 Å². The molecular formula is C14H20N2O3. The summed E-state index contributed by atoms with van der Waals surface area (Å²) in [5.74, 6) is 0.0373. The Kier molecular flexibility index (Phi) is 5.85. The summed E-state index contributed by atoms with van der Waals surface area (Å²) < 4.78 is 4.88. The number of carbonyl (C=O) groups is 2. The number of esters is 1. The smallest absolute Gasteiger partial charge is 0.338 e. The Morgan fingerprint density at radius 3 is 2.37 bits per heavy atom. The first-order valence-corrected chi connectivity index (χ1v) is 6.35. The van der Waals surface area contributed by atoms with Gasteiger partial charge in [-0.05, 0) is 37.1 Å². The number of rotatable bonds is 5. The largest absolute Gasteiger partial charge is 0.462 e. The predicted octanol–water partition coefficient (Wildman–Crippen LogP) is 2.64. The zero-order valence-electron chi connectivity index (χ0n) is 11.5. The van der Waals surface area contributed by atoms with E-state index in [1.165, 1.54) is 0 Å². The van der Waals surface area contributed by atoms with Gasteiger partial charge in [0.25, 0.3) is 0 Å². The molecule has 1 aromatic rings. The van der Waals surface area contributed by atoms with Crippen LogP contribution in [-0.4, -0.2) is 25.2 Å². The van der Waals surface area contributed by atoms with Crippen molar-refractivity contribution < 1.29 is 14.3 Å². The van der Waals surface area contributed by atoms with Crippen LogP contribution in [0.5, 0.6) is 0 Å². The third kappa shape index (κ3) is 5.42. The van der Waals surface area contributed by atoms with Crippen LogP contribution in [0.4, 0.5) is 10.5 Å². The van der Waals surface area contributed by atoms with Gasteiger partial charge in [-0.3, -0.25) is 0 Å². The Balaban J connectivity index is 2.52. The van der Waals surface area contributed by atoms with Gasteiger partial charge in [0.2, 0.25) is 0 Å². The molecule has 0 aromatic heterocycles. The minimum atomic E-state index is -0.363. The van der Waals surface area contributed by atoms with E-state index in [4.69, 9.17) is 4.74 Å². The lowest BCUT2D eigenvalue weighted by Crippen LogP contribution is -2.31. The van der Waals surface area contributed by atoms with Gasteiger partial charge in [0.15, 0.2) is 0 Å². The number of anilines is 1. The van der Waals surface area contributed by atoms with Crippen molar-refractivity contribution in [3.05, 3.63) is 29.8 Å². The van der Waals surface area contributed by atoms with Crippen LogP contribution in [0.3, 0.4) is 0 Å². The van der Waals surface area contributed by atoms with E-state index >= 15 is 0 Å². The number of urea groups is 1. The van der Waals surface area contributed by atoms with Gasteiger partial charge >= 0.3 is 12.0 Å². The normalized spacial score (nSPS) is 10.1. The lowest BCUT2D eigenvalue weighted by Gasteiger charge is -2.09. The van der Waals surface area contributed by atoms with Crippen LogP contribution in [0.15, 0.2) is 24.3 Å². The highest BCUT2D eigenvalue weighted by molar-refractivity contribution is 5.92. The van der Waals surface area contributed by atoms with Crippen molar-refractivity contribution in [3.63, 3.8) is 0 Å².